The molecule has 0 fully saturated rings. The van der Waals surface area contributed by atoms with Crippen LogP contribution in [-0.2, 0) is 13.1 Å². The standard InChI is InChI=1S/C24H23N7O3/c32-11-10-31-22(29-30-23(31)19-8-9-25-15-27-19)13-26-17-5-3-4-16(12-17)24(33)28-20-14-34-21-7-2-1-6-18(20)21/h1-9,12,15,20,26,32H,10-11,13-14H2,(H,28,33)/t20-/m1/s1. The lowest BCUT2D eigenvalue weighted by Crippen LogP contribution is -2.29. The molecule has 10 nitrogen and oxygen atoms in total. The Labute approximate surface area is 195 Å². The van der Waals surface area contributed by atoms with E-state index in [1.807, 2.05) is 41.0 Å². The molecule has 0 unspecified atom stereocenters. The Hall–Kier alpha value is -4.31. The lowest BCUT2D eigenvalue weighted by Gasteiger charge is -2.13. The van der Waals surface area contributed by atoms with Gasteiger partial charge in [-0.2, -0.15) is 0 Å². The number of rotatable bonds is 8. The fraction of sp³-hybridized carbons (Fsp3) is 0.208. The molecule has 1 aliphatic heterocycles. The van der Waals surface area contributed by atoms with Crippen LogP contribution in [0.2, 0.25) is 0 Å². The van der Waals surface area contributed by atoms with Gasteiger partial charge in [0.2, 0.25) is 0 Å². The van der Waals surface area contributed by atoms with Gasteiger partial charge in [0.1, 0.15) is 24.4 Å². The average Bonchev–Trinajstić information content (AvgIpc) is 3.48. The van der Waals surface area contributed by atoms with Crippen LogP contribution in [0.15, 0.2) is 67.1 Å². The Morgan fingerprint density at radius 3 is 2.91 bits per heavy atom. The zero-order chi connectivity index (χ0) is 23.3. The summed E-state index contributed by atoms with van der Waals surface area (Å²) in [6, 6.07) is 16.5. The monoisotopic (exact) mass is 457 g/mol. The molecule has 4 aromatic rings. The summed E-state index contributed by atoms with van der Waals surface area (Å²) in [4.78, 5) is 21.0. The molecule has 3 N–H and O–H groups in total. The molecule has 0 aliphatic carbocycles. The lowest BCUT2D eigenvalue weighted by atomic mass is 10.1. The van der Waals surface area contributed by atoms with Gasteiger partial charge in [0.05, 0.1) is 19.2 Å². The Bertz CT molecular complexity index is 1290. The second kappa shape index (κ2) is 9.67. The maximum atomic E-state index is 12.9. The number of aromatic nitrogens is 5. The number of amides is 1. The number of para-hydroxylation sites is 1. The van der Waals surface area contributed by atoms with Crippen molar-refractivity contribution in [3.63, 3.8) is 0 Å². The molecule has 0 radical (unpaired) electrons. The van der Waals surface area contributed by atoms with E-state index in [0.29, 0.717) is 42.6 Å². The number of nitrogens with one attached hydrogen (secondary N) is 2. The number of carbonyl (C=O) groups excluding carboxylic acids is 1. The number of fused-ring (bicyclic) bond motifs is 1. The van der Waals surface area contributed by atoms with Crippen molar-refractivity contribution in [2.45, 2.75) is 19.1 Å². The minimum Gasteiger partial charge on any atom is -0.491 e. The molecular formula is C24H23N7O3. The van der Waals surface area contributed by atoms with E-state index in [-0.39, 0.29) is 18.6 Å². The first-order chi connectivity index (χ1) is 16.7. The fourth-order valence-corrected chi connectivity index (χ4v) is 3.89. The number of benzene rings is 2. The molecule has 10 heteroatoms. The highest BCUT2D eigenvalue weighted by Gasteiger charge is 2.25. The Morgan fingerprint density at radius 1 is 1.15 bits per heavy atom. The summed E-state index contributed by atoms with van der Waals surface area (Å²) in [6.07, 6.45) is 3.07. The maximum Gasteiger partial charge on any atom is 0.251 e. The van der Waals surface area contributed by atoms with E-state index in [2.05, 4.69) is 30.8 Å². The summed E-state index contributed by atoms with van der Waals surface area (Å²) in [5, 5.41) is 24.3. The smallest absolute Gasteiger partial charge is 0.251 e. The molecule has 2 aromatic heterocycles. The molecule has 1 amide bonds. The van der Waals surface area contributed by atoms with Crippen molar-refractivity contribution in [2.24, 2.45) is 0 Å². The predicted octanol–water partition coefficient (Wildman–Crippen LogP) is 2.20. The van der Waals surface area contributed by atoms with Crippen LogP contribution in [0.1, 0.15) is 27.8 Å². The maximum absolute atomic E-state index is 12.9. The van der Waals surface area contributed by atoms with Crippen LogP contribution >= 0.6 is 0 Å². The van der Waals surface area contributed by atoms with Crippen molar-refractivity contribution in [1.82, 2.24) is 30.0 Å². The van der Waals surface area contributed by atoms with Crippen molar-refractivity contribution >= 4 is 11.6 Å². The SMILES string of the molecule is O=C(N[C@@H]1COc2ccccc21)c1cccc(NCc2nnc(-c3ccncn3)n2CCO)c1. The van der Waals surface area contributed by atoms with Gasteiger partial charge < -0.3 is 25.0 Å². The van der Waals surface area contributed by atoms with Crippen molar-refractivity contribution in [2.75, 3.05) is 18.5 Å². The van der Waals surface area contributed by atoms with Crippen molar-refractivity contribution < 1.29 is 14.6 Å². The van der Waals surface area contributed by atoms with Gasteiger partial charge in [0, 0.05) is 29.6 Å². The number of aliphatic hydroxyl groups excluding tert-OH is 1. The number of hydrogen-bond donors (Lipinski definition) is 3. The van der Waals surface area contributed by atoms with Gasteiger partial charge >= 0.3 is 0 Å². The molecule has 5 rings (SSSR count). The van der Waals surface area contributed by atoms with Gasteiger partial charge in [0.25, 0.3) is 5.91 Å². The highest BCUT2D eigenvalue weighted by molar-refractivity contribution is 5.95. The molecule has 34 heavy (non-hydrogen) atoms. The van der Waals surface area contributed by atoms with Crippen LogP contribution in [-0.4, -0.2) is 49.0 Å². The van der Waals surface area contributed by atoms with E-state index in [0.717, 1.165) is 17.0 Å². The van der Waals surface area contributed by atoms with E-state index in [4.69, 9.17) is 4.74 Å². The van der Waals surface area contributed by atoms with Crippen LogP contribution in [0.4, 0.5) is 5.69 Å². The van der Waals surface area contributed by atoms with Gasteiger partial charge in [-0.05, 0) is 30.3 Å². The third-order valence-electron chi connectivity index (χ3n) is 5.54. The molecular weight excluding hydrogens is 434 g/mol. The largest absolute Gasteiger partial charge is 0.491 e. The van der Waals surface area contributed by atoms with E-state index in [9.17, 15) is 9.90 Å². The van der Waals surface area contributed by atoms with Gasteiger partial charge in [-0.25, -0.2) is 9.97 Å². The summed E-state index contributed by atoms with van der Waals surface area (Å²) in [5.74, 6) is 1.82. The van der Waals surface area contributed by atoms with E-state index < -0.39 is 0 Å². The summed E-state index contributed by atoms with van der Waals surface area (Å²) in [6.45, 7) is 1.04. The predicted molar refractivity (Wildman–Crippen MR) is 124 cm³/mol. The highest BCUT2D eigenvalue weighted by Crippen LogP contribution is 2.31. The van der Waals surface area contributed by atoms with Crippen molar-refractivity contribution in [3.8, 4) is 17.3 Å². The first-order valence-corrected chi connectivity index (χ1v) is 10.9. The number of hydrogen-bond acceptors (Lipinski definition) is 8. The van der Waals surface area contributed by atoms with E-state index in [1.165, 1.54) is 6.33 Å². The first kappa shape index (κ1) is 21.5. The normalized spacial score (nSPS) is 14.3. The molecule has 1 aliphatic rings. The molecule has 1 atom stereocenters. The third kappa shape index (κ3) is 4.44. The molecule has 0 saturated heterocycles. The second-order valence-corrected chi connectivity index (χ2v) is 7.72. The summed E-state index contributed by atoms with van der Waals surface area (Å²) in [7, 11) is 0. The molecule has 0 spiro atoms. The van der Waals surface area contributed by atoms with Gasteiger partial charge in [0.15, 0.2) is 11.6 Å². The number of aliphatic hydroxyl groups is 1. The average molecular weight is 457 g/mol. The quantitative estimate of drug-likeness (QED) is 0.368. The Balaban J connectivity index is 1.28. The molecule has 0 bridgehead atoms. The number of carbonyl (C=O) groups is 1. The van der Waals surface area contributed by atoms with Crippen LogP contribution in [0, 0.1) is 0 Å². The van der Waals surface area contributed by atoms with Crippen LogP contribution in [0.3, 0.4) is 0 Å². The molecule has 2 aromatic carbocycles. The van der Waals surface area contributed by atoms with Crippen LogP contribution < -0.4 is 15.4 Å². The molecule has 0 saturated carbocycles. The lowest BCUT2D eigenvalue weighted by molar-refractivity contribution is 0.0930. The zero-order valence-corrected chi connectivity index (χ0v) is 18.3. The Morgan fingerprint density at radius 2 is 2.06 bits per heavy atom. The number of ether oxygens (including phenoxy) is 1. The highest BCUT2D eigenvalue weighted by atomic mass is 16.5. The summed E-state index contributed by atoms with van der Waals surface area (Å²) >= 11 is 0. The van der Waals surface area contributed by atoms with Crippen molar-refractivity contribution in [3.05, 3.63) is 84.1 Å². The Kier molecular flexibility index (Phi) is 6.13. The summed E-state index contributed by atoms with van der Waals surface area (Å²) < 4.78 is 7.47. The summed E-state index contributed by atoms with van der Waals surface area (Å²) in [5.41, 5.74) is 2.90. The first-order valence-electron chi connectivity index (χ1n) is 10.9. The fourth-order valence-electron chi connectivity index (χ4n) is 3.89. The zero-order valence-electron chi connectivity index (χ0n) is 18.3. The van der Waals surface area contributed by atoms with Crippen molar-refractivity contribution in [1.29, 1.82) is 0 Å². The van der Waals surface area contributed by atoms with Gasteiger partial charge in [-0.1, -0.05) is 24.3 Å². The molecule has 172 valence electrons. The third-order valence-corrected chi connectivity index (χ3v) is 5.54. The minimum atomic E-state index is -0.183. The van der Waals surface area contributed by atoms with E-state index in [1.54, 1.807) is 24.4 Å². The number of nitrogens with zero attached hydrogens (tertiary/aromatic N) is 5. The minimum absolute atomic E-state index is 0.0627. The van der Waals surface area contributed by atoms with E-state index >= 15 is 0 Å². The second-order valence-electron chi connectivity index (χ2n) is 7.72. The van der Waals surface area contributed by atoms with Crippen LogP contribution in [0.25, 0.3) is 11.5 Å². The van der Waals surface area contributed by atoms with Gasteiger partial charge in [-0.15, -0.1) is 10.2 Å². The van der Waals surface area contributed by atoms with Gasteiger partial charge in [-0.3, -0.25) is 4.79 Å². The van der Waals surface area contributed by atoms with Crippen LogP contribution in [0.5, 0.6) is 5.75 Å². The topological polar surface area (TPSA) is 127 Å². The number of anilines is 1. The molecule has 3 heterocycles.